The van der Waals surface area contributed by atoms with E-state index < -0.39 is 14.9 Å². The lowest BCUT2D eigenvalue weighted by Crippen LogP contribution is -2.48. The average Bonchev–Trinajstić information content (AvgIpc) is 2.40. The number of halogens is 1. The maximum Gasteiger partial charge on any atom is 0.289 e. The van der Waals surface area contributed by atoms with Crippen LogP contribution in [0.5, 0.6) is 0 Å². The SMILES string of the molecule is Cc1cccc([N+](=O)[O-])c1S(=O)(=O)NC1CCNCC1C.Cl. The third-order valence-corrected chi connectivity index (χ3v) is 5.43. The van der Waals surface area contributed by atoms with Crippen molar-refractivity contribution < 1.29 is 13.3 Å². The molecule has 2 rings (SSSR count). The highest BCUT2D eigenvalue weighted by molar-refractivity contribution is 7.89. The van der Waals surface area contributed by atoms with Crippen molar-refractivity contribution in [2.45, 2.75) is 31.2 Å². The van der Waals surface area contributed by atoms with Gasteiger partial charge < -0.3 is 5.32 Å². The fourth-order valence-corrected chi connectivity index (χ4v) is 4.35. The van der Waals surface area contributed by atoms with Crippen LogP contribution in [0.3, 0.4) is 0 Å². The van der Waals surface area contributed by atoms with E-state index in [1.807, 2.05) is 6.92 Å². The second-order valence-electron chi connectivity index (χ2n) is 5.38. The Balaban J connectivity index is 0.00000242. The molecule has 0 saturated carbocycles. The summed E-state index contributed by atoms with van der Waals surface area (Å²) in [6, 6.07) is 4.05. The summed E-state index contributed by atoms with van der Waals surface area (Å²) in [6.45, 7) is 4.97. The number of hydrogen-bond acceptors (Lipinski definition) is 5. The molecule has 1 aliphatic heterocycles. The van der Waals surface area contributed by atoms with Crippen LogP contribution >= 0.6 is 12.4 Å². The Morgan fingerprint density at radius 2 is 2.09 bits per heavy atom. The number of nitrogens with one attached hydrogen (secondary N) is 2. The van der Waals surface area contributed by atoms with E-state index in [1.165, 1.54) is 12.1 Å². The van der Waals surface area contributed by atoms with Crippen LogP contribution in [0.25, 0.3) is 0 Å². The minimum absolute atomic E-state index is 0. The molecular formula is C13H20ClN3O4S. The highest BCUT2D eigenvalue weighted by Gasteiger charge is 2.32. The molecule has 0 aromatic heterocycles. The summed E-state index contributed by atoms with van der Waals surface area (Å²) >= 11 is 0. The van der Waals surface area contributed by atoms with Gasteiger partial charge in [-0.25, -0.2) is 13.1 Å². The van der Waals surface area contributed by atoms with E-state index in [1.54, 1.807) is 13.0 Å². The molecule has 0 spiro atoms. The zero-order valence-corrected chi connectivity index (χ0v) is 14.0. The van der Waals surface area contributed by atoms with Crippen molar-refractivity contribution in [3.05, 3.63) is 33.9 Å². The molecule has 1 saturated heterocycles. The molecule has 124 valence electrons. The number of piperidine rings is 1. The summed E-state index contributed by atoms with van der Waals surface area (Å²) in [7, 11) is -3.92. The van der Waals surface area contributed by atoms with Crippen molar-refractivity contribution in [2.75, 3.05) is 13.1 Å². The van der Waals surface area contributed by atoms with Gasteiger partial charge in [0, 0.05) is 12.1 Å². The predicted molar refractivity (Wildman–Crippen MR) is 85.8 cm³/mol. The van der Waals surface area contributed by atoms with Crippen LogP contribution in [-0.4, -0.2) is 32.5 Å². The van der Waals surface area contributed by atoms with Gasteiger partial charge in [-0.1, -0.05) is 19.1 Å². The number of aryl methyl sites for hydroxylation is 1. The maximum atomic E-state index is 12.6. The fraction of sp³-hybridized carbons (Fsp3) is 0.538. The number of benzene rings is 1. The second kappa shape index (κ2) is 7.36. The first kappa shape index (κ1) is 18.8. The number of hydrogen-bond donors (Lipinski definition) is 2. The Hall–Kier alpha value is -1.22. The van der Waals surface area contributed by atoms with Crippen molar-refractivity contribution in [1.82, 2.24) is 10.0 Å². The molecule has 9 heteroatoms. The van der Waals surface area contributed by atoms with E-state index in [0.717, 1.165) is 13.1 Å². The van der Waals surface area contributed by atoms with E-state index in [2.05, 4.69) is 10.0 Å². The van der Waals surface area contributed by atoms with E-state index in [9.17, 15) is 18.5 Å². The molecule has 1 heterocycles. The van der Waals surface area contributed by atoms with Crippen LogP contribution in [0.15, 0.2) is 23.1 Å². The van der Waals surface area contributed by atoms with E-state index >= 15 is 0 Å². The van der Waals surface area contributed by atoms with Crippen LogP contribution in [-0.2, 0) is 10.0 Å². The number of nitro groups is 1. The smallest absolute Gasteiger partial charge is 0.289 e. The van der Waals surface area contributed by atoms with Crippen molar-refractivity contribution in [3.63, 3.8) is 0 Å². The van der Waals surface area contributed by atoms with Crippen molar-refractivity contribution in [1.29, 1.82) is 0 Å². The van der Waals surface area contributed by atoms with Gasteiger partial charge in [-0.3, -0.25) is 10.1 Å². The molecule has 0 radical (unpaired) electrons. The van der Waals surface area contributed by atoms with Gasteiger partial charge in [0.1, 0.15) is 0 Å². The van der Waals surface area contributed by atoms with Crippen LogP contribution < -0.4 is 10.0 Å². The predicted octanol–water partition coefficient (Wildman–Crippen LogP) is 1.60. The molecule has 22 heavy (non-hydrogen) atoms. The third-order valence-electron chi connectivity index (χ3n) is 3.75. The standard InChI is InChI=1S/C13H19N3O4S.ClH/c1-9-4-3-5-12(16(17)18)13(9)21(19,20)15-11-6-7-14-8-10(11)2;/h3-5,10-11,14-15H,6-8H2,1-2H3;1H. The van der Waals surface area contributed by atoms with Crippen LogP contribution in [0.2, 0.25) is 0 Å². The quantitative estimate of drug-likeness (QED) is 0.635. The highest BCUT2D eigenvalue weighted by Crippen LogP contribution is 2.27. The minimum Gasteiger partial charge on any atom is -0.316 e. The summed E-state index contributed by atoms with van der Waals surface area (Å²) < 4.78 is 27.7. The summed E-state index contributed by atoms with van der Waals surface area (Å²) in [5, 5.41) is 14.3. The molecule has 0 amide bonds. The molecule has 1 fully saturated rings. The number of rotatable bonds is 4. The van der Waals surface area contributed by atoms with Gasteiger partial charge in [0.2, 0.25) is 10.0 Å². The molecule has 2 unspecified atom stereocenters. The van der Waals surface area contributed by atoms with Crippen LogP contribution in [0.1, 0.15) is 18.9 Å². The molecule has 1 aliphatic rings. The largest absolute Gasteiger partial charge is 0.316 e. The lowest BCUT2D eigenvalue weighted by Gasteiger charge is -2.30. The lowest BCUT2D eigenvalue weighted by molar-refractivity contribution is -0.387. The van der Waals surface area contributed by atoms with Gasteiger partial charge in [0.25, 0.3) is 5.69 Å². The van der Waals surface area contributed by atoms with Gasteiger partial charge in [-0.15, -0.1) is 12.4 Å². The second-order valence-corrected chi connectivity index (χ2v) is 7.03. The Morgan fingerprint density at radius 3 is 2.68 bits per heavy atom. The summed E-state index contributed by atoms with van der Waals surface area (Å²) in [6.07, 6.45) is 0.667. The molecule has 2 atom stereocenters. The molecule has 1 aromatic rings. The van der Waals surface area contributed by atoms with Gasteiger partial charge in [-0.2, -0.15) is 0 Å². The van der Waals surface area contributed by atoms with E-state index in [-0.39, 0.29) is 34.9 Å². The van der Waals surface area contributed by atoms with Crippen molar-refractivity contribution >= 4 is 28.1 Å². The highest BCUT2D eigenvalue weighted by atomic mass is 35.5. The monoisotopic (exact) mass is 349 g/mol. The van der Waals surface area contributed by atoms with E-state index in [4.69, 9.17) is 0 Å². The molecule has 7 nitrogen and oxygen atoms in total. The summed E-state index contributed by atoms with van der Waals surface area (Å²) in [4.78, 5) is 10.2. The fourth-order valence-electron chi connectivity index (χ4n) is 2.58. The van der Waals surface area contributed by atoms with Crippen molar-refractivity contribution in [2.24, 2.45) is 5.92 Å². The Bertz CT molecular complexity index is 651. The Labute approximate surface area is 136 Å². The molecular weight excluding hydrogens is 330 g/mol. The van der Waals surface area contributed by atoms with Gasteiger partial charge in [-0.05, 0) is 37.9 Å². The normalized spacial score (nSPS) is 21.9. The van der Waals surface area contributed by atoms with Crippen molar-refractivity contribution in [3.8, 4) is 0 Å². The lowest BCUT2D eigenvalue weighted by atomic mass is 9.97. The Morgan fingerprint density at radius 1 is 1.41 bits per heavy atom. The Kier molecular flexibility index (Phi) is 6.30. The van der Waals surface area contributed by atoms with E-state index in [0.29, 0.717) is 12.0 Å². The topological polar surface area (TPSA) is 101 Å². The molecule has 1 aromatic carbocycles. The number of nitrogens with zero attached hydrogens (tertiary/aromatic N) is 1. The zero-order valence-electron chi connectivity index (χ0n) is 12.4. The minimum atomic E-state index is -3.92. The van der Waals surface area contributed by atoms with Crippen LogP contribution in [0.4, 0.5) is 5.69 Å². The first-order valence-corrected chi connectivity index (χ1v) is 8.28. The average molecular weight is 350 g/mol. The zero-order chi connectivity index (χ0) is 15.6. The van der Waals surface area contributed by atoms with Gasteiger partial charge in [0.05, 0.1) is 4.92 Å². The number of nitro benzene ring substituents is 1. The van der Waals surface area contributed by atoms with Crippen LogP contribution in [0, 0.1) is 23.0 Å². The van der Waals surface area contributed by atoms with Gasteiger partial charge in [0.15, 0.2) is 4.90 Å². The van der Waals surface area contributed by atoms with Gasteiger partial charge >= 0.3 is 0 Å². The summed E-state index contributed by atoms with van der Waals surface area (Å²) in [5.74, 6) is 0.136. The summed E-state index contributed by atoms with van der Waals surface area (Å²) in [5.41, 5.74) is -0.0117. The molecule has 2 N–H and O–H groups in total. The number of sulfonamides is 1. The first-order valence-electron chi connectivity index (χ1n) is 6.80. The third kappa shape index (κ3) is 3.95. The maximum absolute atomic E-state index is 12.6. The molecule has 0 bridgehead atoms. The first-order chi connectivity index (χ1) is 9.83. The molecule has 0 aliphatic carbocycles.